The summed E-state index contributed by atoms with van der Waals surface area (Å²) in [7, 11) is 0. The van der Waals surface area contributed by atoms with Crippen molar-refractivity contribution in [2.75, 3.05) is 0 Å². The largest absolute Gasteiger partial charge is 0.450 e. The Morgan fingerprint density at radius 1 is 1.13 bits per heavy atom. The monoisotopic (exact) mass is 336 g/mol. The number of fused-ring (bicyclic) bond motifs is 2. The third kappa shape index (κ3) is 3.37. The summed E-state index contributed by atoms with van der Waals surface area (Å²) in [6, 6.07) is 0. The van der Waals surface area contributed by atoms with Crippen molar-refractivity contribution in [1.82, 2.24) is 0 Å². The fraction of sp³-hybridized carbons (Fsp3) is 0.941. The highest BCUT2D eigenvalue weighted by Crippen LogP contribution is 2.58. The molecular formula is C17H27F3O3. The van der Waals surface area contributed by atoms with E-state index in [1.807, 2.05) is 0 Å². The number of carbonyl (C=O) groups is 1. The van der Waals surface area contributed by atoms with Gasteiger partial charge in [-0.2, -0.15) is 13.2 Å². The first-order valence-corrected chi connectivity index (χ1v) is 8.27. The van der Waals surface area contributed by atoms with Crippen LogP contribution in [0.4, 0.5) is 13.2 Å². The number of ether oxygens (including phenoxy) is 1. The molecule has 0 radical (unpaired) electrons. The highest BCUT2D eigenvalue weighted by atomic mass is 19.4. The second-order valence-electron chi connectivity index (χ2n) is 8.24. The van der Waals surface area contributed by atoms with Crippen molar-refractivity contribution in [3.8, 4) is 0 Å². The lowest BCUT2D eigenvalue weighted by molar-refractivity contribution is -0.259. The Morgan fingerprint density at radius 3 is 2.13 bits per heavy atom. The molecule has 6 heteroatoms. The number of hydrogen-bond donors (Lipinski definition) is 1. The molecular weight excluding hydrogens is 309 g/mol. The molecule has 0 aromatic rings. The Bertz CT molecular complexity index is 468. The second kappa shape index (κ2) is 5.64. The van der Waals surface area contributed by atoms with E-state index in [9.17, 15) is 23.1 Å². The van der Waals surface area contributed by atoms with Crippen molar-refractivity contribution in [2.24, 2.45) is 29.6 Å². The molecule has 2 bridgehead atoms. The van der Waals surface area contributed by atoms with Crippen LogP contribution in [-0.4, -0.2) is 28.5 Å². The summed E-state index contributed by atoms with van der Waals surface area (Å²) < 4.78 is 43.0. The molecule has 0 saturated heterocycles. The molecule has 2 aliphatic carbocycles. The van der Waals surface area contributed by atoms with Crippen molar-refractivity contribution in [1.29, 1.82) is 0 Å². The van der Waals surface area contributed by atoms with Crippen LogP contribution in [0.1, 0.15) is 53.9 Å². The molecule has 6 atom stereocenters. The number of alkyl halides is 3. The van der Waals surface area contributed by atoms with E-state index in [0.29, 0.717) is 23.7 Å². The number of halogens is 3. The van der Waals surface area contributed by atoms with Gasteiger partial charge < -0.3 is 9.84 Å². The zero-order chi connectivity index (χ0) is 17.8. The Morgan fingerprint density at radius 2 is 1.70 bits per heavy atom. The molecule has 2 saturated carbocycles. The Kier molecular flexibility index (Phi) is 4.55. The van der Waals surface area contributed by atoms with Crippen LogP contribution >= 0.6 is 0 Å². The molecule has 0 aromatic heterocycles. The Labute approximate surface area is 135 Å². The molecule has 0 heterocycles. The van der Waals surface area contributed by atoms with Gasteiger partial charge >= 0.3 is 12.1 Å². The average molecular weight is 336 g/mol. The highest BCUT2D eigenvalue weighted by molar-refractivity contribution is 5.71. The minimum absolute atomic E-state index is 0.0553. The van der Waals surface area contributed by atoms with Crippen LogP contribution in [0.15, 0.2) is 0 Å². The van der Waals surface area contributed by atoms with Gasteiger partial charge in [0.15, 0.2) is 0 Å². The molecule has 2 rings (SSSR count). The first-order chi connectivity index (χ1) is 10.3. The zero-order valence-corrected chi connectivity index (χ0v) is 14.4. The molecule has 23 heavy (non-hydrogen) atoms. The maximum absolute atomic E-state index is 12.8. The third-order valence-electron chi connectivity index (χ3n) is 6.25. The van der Waals surface area contributed by atoms with Gasteiger partial charge in [0.1, 0.15) is 0 Å². The number of esters is 1. The molecule has 2 aliphatic rings. The SMILES string of the molecule is CC1C2CC(C1C)C(C(C)(O)CC(=O)OC(C)(C)C(F)(F)F)C2. The van der Waals surface area contributed by atoms with E-state index in [2.05, 4.69) is 18.6 Å². The van der Waals surface area contributed by atoms with Crippen molar-refractivity contribution >= 4 is 5.97 Å². The quantitative estimate of drug-likeness (QED) is 0.791. The van der Waals surface area contributed by atoms with Crippen molar-refractivity contribution in [2.45, 2.75) is 71.3 Å². The maximum atomic E-state index is 12.8. The molecule has 0 amide bonds. The standard InChI is InChI=1S/C17H27F3O3/c1-9-10(2)12-6-11(9)7-13(12)16(5,22)8-14(21)23-15(3,4)17(18,19)20/h9-13,22H,6-8H2,1-5H3. The Balaban J connectivity index is 2.01. The van der Waals surface area contributed by atoms with E-state index in [-0.39, 0.29) is 5.92 Å². The summed E-state index contributed by atoms with van der Waals surface area (Å²) in [4.78, 5) is 11.9. The smallest absolute Gasteiger partial charge is 0.427 e. The normalized spacial score (nSPS) is 36.8. The van der Waals surface area contributed by atoms with E-state index in [1.165, 1.54) is 0 Å². The van der Waals surface area contributed by atoms with Gasteiger partial charge in [0.25, 0.3) is 0 Å². The molecule has 3 nitrogen and oxygen atoms in total. The van der Waals surface area contributed by atoms with Crippen LogP contribution in [0.3, 0.4) is 0 Å². The minimum atomic E-state index is -4.63. The number of aliphatic hydroxyl groups is 1. The predicted molar refractivity (Wildman–Crippen MR) is 79.5 cm³/mol. The lowest BCUT2D eigenvalue weighted by Gasteiger charge is -2.40. The van der Waals surface area contributed by atoms with Crippen LogP contribution in [-0.2, 0) is 9.53 Å². The summed E-state index contributed by atoms with van der Waals surface area (Å²) in [6.07, 6.45) is -3.17. The lowest BCUT2D eigenvalue weighted by Crippen LogP contribution is -2.47. The summed E-state index contributed by atoms with van der Waals surface area (Å²) in [5, 5.41) is 10.7. The highest BCUT2D eigenvalue weighted by Gasteiger charge is 2.55. The molecule has 0 spiro atoms. The fourth-order valence-corrected chi connectivity index (χ4v) is 4.46. The second-order valence-corrected chi connectivity index (χ2v) is 8.24. The van der Waals surface area contributed by atoms with Gasteiger partial charge in [-0.25, -0.2) is 0 Å². The van der Waals surface area contributed by atoms with Gasteiger partial charge in [0.05, 0.1) is 12.0 Å². The first-order valence-electron chi connectivity index (χ1n) is 8.27. The van der Waals surface area contributed by atoms with Crippen molar-refractivity contribution < 1.29 is 27.8 Å². The maximum Gasteiger partial charge on any atom is 0.427 e. The number of rotatable bonds is 4. The van der Waals surface area contributed by atoms with Crippen LogP contribution in [0.5, 0.6) is 0 Å². The molecule has 0 aromatic carbocycles. The van der Waals surface area contributed by atoms with Crippen LogP contribution in [0, 0.1) is 29.6 Å². The molecule has 0 aliphatic heterocycles. The first kappa shape index (κ1) is 18.6. The van der Waals surface area contributed by atoms with Gasteiger partial charge in [-0.1, -0.05) is 13.8 Å². The van der Waals surface area contributed by atoms with Gasteiger partial charge in [-0.15, -0.1) is 0 Å². The molecule has 134 valence electrons. The van der Waals surface area contributed by atoms with E-state index in [0.717, 1.165) is 26.7 Å². The van der Waals surface area contributed by atoms with Crippen molar-refractivity contribution in [3.63, 3.8) is 0 Å². The third-order valence-corrected chi connectivity index (χ3v) is 6.25. The summed E-state index contributed by atoms with van der Waals surface area (Å²) in [5.41, 5.74) is -3.87. The summed E-state index contributed by atoms with van der Waals surface area (Å²) in [5.74, 6) is 0.875. The van der Waals surface area contributed by atoms with Crippen LogP contribution in [0.25, 0.3) is 0 Å². The fourth-order valence-electron chi connectivity index (χ4n) is 4.46. The molecule has 2 fully saturated rings. The van der Waals surface area contributed by atoms with Gasteiger partial charge in [-0.3, -0.25) is 4.79 Å². The van der Waals surface area contributed by atoms with Crippen molar-refractivity contribution in [3.05, 3.63) is 0 Å². The number of hydrogen-bond acceptors (Lipinski definition) is 3. The topological polar surface area (TPSA) is 46.5 Å². The van der Waals surface area contributed by atoms with E-state index in [1.54, 1.807) is 6.92 Å². The van der Waals surface area contributed by atoms with E-state index in [4.69, 9.17) is 0 Å². The van der Waals surface area contributed by atoms with Crippen LogP contribution < -0.4 is 0 Å². The lowest BCUT2D eigenvalue weighted by atomic mass is 9.68. The predicted octanol–water partition coefficient (Wildman–Crippen LogP) is 3.94. The number of carbonyl (C=O) groups excluding carboxylic acids is 1. The molecule has 6 unspecified atom stereocenters. The van der Waals surface area contributed by atoms with E-state index >= 15 is 0 Å². The van der Waals surface area contributed by atoms with Gasteiger partial charge in [-0.05, 0) is 63.2 Å². The van der Waals surface area contributed by atoms with Gasteiger partial charge in [0, 0.05) is 0 Å². The Hall–Kier alpha value is -0.780. The van der Waals surface area contributed by atoms with Gasteiger partial charge in [0.2, 0.25) is 5.60 Å². The van der Waals surface area contributed by atoms with E-state index < -0.39 is 29.8 Å². The minimum Gasteiger partial charge on any atom is -0.450 e. The van der Waals surface area contributed by atoms with Crippen LogP contribution in [0.2, 0.25) is 0 Å². The summed E-state index contributed by atoms with van der Waals surface area (Å²) >= 11 is 0. The summed E-state index contributed by atoms with van der Waals surface area (Å²) in [6.45, 7) is 7.56. The zero-order valence-electron chi connectivity index (χ0n) is 14.4. The molecule has 1 N–H and O–H groups in total. The average Bonchev–Trinajstić information content (AvgIpc) is 2.88.